The Hall–Kier alpha value is -1.64. The Kier molecular flexibility index (Phi) is 21.3. The topological polar surface area (TPSA) is 12.0 Å². The predicted molar refractivity (Wildman–Crippen MR) is 133 cm³/mol. The van der Waals surface area contributed by atoms with Crippen LogP contribution in [0.15, 0.2) is 78.6 Å². The van der Waals surface area contributed by atoms with Crippen LogP contribution in [0.25, 0.3) is 0 Å². The molecule has 152 valence electrons. The molecule has 0 bridgehead atoms. The molecule has 1 aromatic carbocycles. The number of anilines is 1. The number of hydrogen-bond acceptors (Lipinski definition) is 2. The van der Waals surface area contributed by atoms with Gasteiger partial charge in [0, 0.05) is 16.4 Å². The highest BCUT2D eigenvalue weighted by Crippen LogP contribution is 2.21. The highest BCUT2D eigenvalue weighted by Gasteiger charge is 2.00. The van der Waals surface area contributed by atoms with Gasteiger partial charge < -0.3 is 5.32 Å². The number of benzene rings is 1. The molecule has 0 aliphatic rings. The average Bonchev–Trinajstić information content (AvgIpc) is 2.59. The minimum absolute atomic E-state index is 0.769. The van der Waals surface area contributed by atoms with Crippen LogP contribution in [0.2, 0.25) is 5.02 Å². The molecule has 27 heavy (non-hydrogen) atoms. The average molecular weight is 408 g/mol. The molecule has 1 nitrogen and oxygen atoms in total. The standard InChI is InChI=1S/C13H16ClN.C6H10.C4H8.CH4S/c1-5-9(2)11(4)15-12-7-6-10(3)13(14)8-12;1-4-5-6(2)3;1-4(2)3;1-2/h5-8,15H,4H2,1-3H3;4-5H,2H2,1,3H3;1H2,2-3H3;2H,1H3/b9-5+;;;. The number of hydrogen-bond donors (Lipinski definition) is 2. The highest BCUT2D eigenvalue weighted by atomic mass is 35.5. The molecule has 0 unspecified atom stereocenters. The Labute approximate surface area is 179 Å². The van der Waals surface area contributed by atoms with Crippen LogP contribution in [0.4, 0.5) is 5.69 Å². The van der Waals surface area contributed by atoms with E-state index in [2.05, 4.69) is 37.7 Å². The summed E-state index contributed by atoms with van der Waals surface area (Å²) in [5.41, 5.74) is 6.36. The SMILES string of the molecule is C=C(C)C.C=C(C)C=CC.C=C(Nc1ccc(C)c(Cl)c1)/C(C)=C/C.CS. The summed E-state index contributed by atoms with van der Waals surface area (Å²) < 4.78 is 0. The van der Waals surface area contributed by atoms with Crippen molar-refractivity contribution in [3.05, 3.63) is 89.2 Å². The Balaban J connectivity index is -0.000000398. The largest absolute Gasteiger partial charge is 0.356 e. The molecule has 0 saturated heterocycles. The molecule has 1 aromatic rings. The van der Waals surface area contributed by atoms with Crippen molar-refractivity contribution in [2.24, 2.45) is 0 Å². The molecule has 0 amide bonds. The lowest BCUT2D eigenvalue weighted by Crippen LogP contribution is -1.99. The van der Waals surface area contributed by atoms with Gasteiger partial charge in [0.05, 0.1) is 0 Å². The summed E-state index contributed by atoms with van der Waals surface area (Å²) in [4.78, 5) is 0. The number of halogens is 1. The third kappa shape index (κ3) is 20.5. The van der Waals surface area contributed by atoms with E-state index in [1.165, 1.54) is 5.57 Å². The molecule has 0 fully saturated rings. The van der Waals surface area contributed by atoms with Crippen molar-refractivity contribution in [2.75, 3.05) is 11.6 Å². The van der Waals surface area contributed by atoms with E-state index in [0.29, 0.717) is 0 Å². The molecule has 0 aliphatic carbocycles. The van der Waals surface area contributed by atoms with Gasteiger partial charge in [-0.15, -0.1) is 6.58 Å². The first-order valence-electron chi connectivity index (χ1n) is 8.75. The quantitative estimate of drug-likeness (QED) is 0.288. The van der Waals surface area contributed by atoms with Crippen LogP contribution < -0.4 is 5.32 Å². The second-order valence-electron chi connectivity index (χ2n) is 6.09. The first kappa shape index (κ1) is 30.1. The van der Waals surface area contributed by atoms with Gasteiger partial charge in [-0.3, -0.25) is 0 Å². The van der Waals surface area contributed by atoms with Crippen LogP contribution in [0.3, 0.4) is 0 Å². The first-order chi connectivity index (χ1) is 12.5. The summed E-state index contributed by atoms with van der Waals surface area (Å²) in [5.74, 6) is 0. The lowest BCUT2D eigenvalue weighted by Gasteiger charge is -2.10. The molecular weight excluding hydrogens is 370 g/mol. The summed E-state index contributed by atoms with van der Waals surface area (Å²) >= 11 is 9.55. The molecule has 1 N–H and O–H groups in total. The Morgan fingerprint density at radius 2 is 1.52 bits per heavy atom. The number of thiol groups is 1. The first-order valence-corrected chi connectivity index (χ1v) is 10.0. The monoisotopic (exact) mass is 407 g/mol. The third-order valence-corrected chi connectivity index (χ3v) is 3.23. The van der Waals surface area contributed by atoms with Gasteiger partial charge in [0.15, 0.2) is 0 Å². The van der Waals surface area contributed by atoms with Gasteiger partial charge in [0.25, 0.3) is 0 Å². The van der Waals surface area contributed by atoms with Crippen molar-refractivity contribution in [2.45, 2.75) is 48.5 Å². The van der Waals surface area contributed by atoms with Crippen LogP contribution in [0.5, 0.6) is 0 Å². The van der Waals surface area contributed by atoms with E-state index in [-0.39, 0.29) is 0 Å². The van der Waals surface area contributed by atoms with Gasteiger partial charge in [-0.2, -0.15) is 12.6 Å². The molecule has 0 spiro atoms. The lowest BCUT2D eigenvalue weighted by molar-refractivity contribution is 1.33. The molecule has 0 atom stereocenters. The Morgan fingerprint density at radius 1 is 1.04 bits per heavy atom. The van der Waals surface area contributed by atoms with E-state index in [0.717, 1.165) is 33.1 Å². The molecule has 0 radical (unpaired) electrons. The van der Waals surface area contributed by atoms with Gasteiger partial charge in [-0.1, -0.05) is 60.2 Å². The van der Waals surface area contributed by atoms with Gasteiger partial charge >= 0.3 is 0 Å². The molecule has 0 saturated carbocycles. The van der Waals surface area contributed by atoms with Crippen molar-refractivity contribution in [3.63, 3.8) is 0 Å². The fourth-order valence-electron chi connectivity index (χ4n) is 1.40. The zero-order valence-electron chi connectivity index (χ0n) is 18.4. The molecule has 1 rings (SSSR count). The van der Waals surface area contributed by atoms with E-state index in [4.69, 9.17) is 11.6 Å². The number of rotatable bonds is 4. The maximum Gasteiger partial charge on any atom is 0.0455 e. The summed E-state index contributed by atoms with van der Waals surface area (Å²) in [5, 5.41) is 3.98. The van der Waals surface area contributed by atoms with E-state index >= 15 is 0 Å². The van der Waals surface area contributed by atoms with Crippen LogP contribution in [-0.4, -0.2) is 6.26 Å². The van der Waals surface area contributed by atoms with E-state index in [1.807, 2.05) is 84.9 Å². The number of allylic oxidation sites excluding steroid dienone is 6. The zero-order valence-corrected chi connectivity index (χ0v) is 20.1. The fraction of sp³-hybridized carbons (Fsp3) is 0.333. The van der Waals surface area contributed by atoms with Crippen LogP contribution in [-0.2, 0) is 0 Å². The highest BCUT2D eigenvalue weighted by molar-refractivity contribution is 7.79. The van der Waals surface area contributed by atoms with Crippen molar-refractivity contribution in [3.8, 4) is 0 Å². The molecular formula is C24H38ClNS. The summed E-state index contributed by atoms with van der Waals surface area (Å²) in [7, 11) is 0. The maximum absolute atomic E-state index is 6.03. The molecule has 0 aliphatic heterocycles. The van der Waals surface area contributed by atoms with Crippen molar-refractivity contribution in [1.29, 1.82) is 0 Å². The van der Waals surface area contributed by atoms with Crippen LogP contribution in [0.1, 0.15) is 47.1 Å². The van der Waals surface area contributed by atoms with Gasteiger partial charge in [-0.25, -0.2) is 0 Å². The third-order valence-electron chi connectivity index (χ3n) is 2.83. The molecule has 0 aromatic heterocycles. The van der Waals surface area contributed by atoms with Gasteiger partial charge in [0.1, 0.15) is 0 Å². The van der Waals surface area contributed by atoms with E-state index in [1.54, 1.807) is 6.26 Å². The van der Waals surface area contributed by atoms with Crippen molar-refractivity contribution < 1.29 is 0 Å². The summed E-state index contributed by atoms with van der Waals surface area (Å²) in [6, 6.07) is 5.89. The van der Waals surface area contributed by atoms with Gasteiger partial charge in [0.2, 0.25) is 0 Å². The molecule has 0 heterocycles. The minimum Gasteiger partial charge on any atom is -0.356 e. The van der Waals surface area contributed by atoms with E-state index in [9.17, 15) is 0 Å². The minimum atomic E-state index is 0.769. The van der Waals surface area contributed by atoms with E-state index < -0.39 is 0 Å². The fourth-order valence-corrected chi connectivity index (χ4v) is 1.58. The Bertz CT molecular complexity index is 636. The summed E-state index contributed by atoms with van der Waals surface area (Å²) in [6.07, 6.45) is 7.66. The smallest absolute Gasteiger partial charge is 0.0455 e. The summed E-state index contributed by atoms with van der Waals surface area (Å²) in [6.45, 7) is 25.1. The number of aryl methyl sites for hydroxylation is 1. The Morgan fingerprint density at radius 3 is 1.81 bits per heavy atom. The number of nitrogens with one attached hydrogen (secondary N) is 1. The lowest BCUT2D eigenvalue weighted by atomic mass is 10.2. The zero-order chi connectivity index (χ0) is 22.0. The van der Waals surface area contributed by atoms with Crippen LogP contribution in [0, 0.1) is 6.92 Å². The second-order valence-corrected chi connectivity index (χ2v) is 6.50. The normalized spacial score (nSPS) is 9.63. The van der Waals surface area contributed by atoms with Crippen molar-refractivity contribution >= 4 is 29.9 Å². The predicted octanol–water partition coefficient (Wildman–Crippen LogP) is 8.81. The van der Waals surface area contributed by atoms with Crippen molar-refractivity contribution in [1.82, 2.24) is 0 Å². The van der Waals surface area contributed by atoms with Crippen LogP contribution >= 0.6 is 24.2 Å². The maximum atomic E-state index is 6.03. The second kappa shape index (κ2) is 19.1. The molecule has 3 heteroatoms. The van der Waals surface area contributed by atoms with Gasteiger partial charge in [-0.05, 0) is 78.0 Å².